The van der Waals surface area contributed by atoms with Crippen LogP contribution in [-0.2, 0) is 51.8 Å². The molecule has 2 unspecified atom stereocenters. The van der Waals surface area contributed by atoms with E-state index in [-0.39, 0.29) is 45.6 Å². The molecular weight excluding hydrogens is 740 g/mol. The summed E-state index contributed by atoms with van der Waals surface area (Å²) in [5.74, 6) is -4.10. The van der Waals surface area contributed by atoms with Gasteiger partial charge in [0.2, 0.25) is 27.7 Å². The number of rotatable bonds is 6. The normalized spacial score (nSPS) is 27.6. The van der Waals surface area contributed by atoms with Crippen molar-refractivity contribution in [2.45, 2.75) is 107 Å². The van der Waals surface area contributed by atoms with Gasteiger partial charge in [-0.05, 0) is 70.6 Å². The fraction of sp³-hybridized carbons (Fsp3) is 0.568. The number of nitrogens with one attached hydrogen (secondary N) is 3. The maximum absolute atomic E-state index is 14.6. The number of sulfonamides is 1. The summed E-state index contributed by atoms with van der Waals surface area (Å²) in [4.78, 5) is 85.8. The van der Waals surface area contributed by atoms with E-state index in [1.807, 2.05) is 0 Å². The Bertz CT molecular complexity index is 1910. The highest BCUT2D eigenvalue weighted by Gasteiger charge is 2.62. The number of hydrogen-bond acceptors (Lipinski definition) is 10. The number of halogens is 1. The highest BCUT2D eigenvalue weighted by Crippen LogP contribution is 2.46. The smallest absolute Gasteiger partial charge is 0.410 e. The van der Waals surface area contributed by atoms with E-state index >= 15 is 0 Å². The second-order valence-electron chi connectivity index (χ2n) is 15.7. The average molecular weight is 787 g/mol. The second-order valence-corrected chi connectivity index (χ2v) is 17.6. The Hall–Kier alpha value is -5.00. The van der Waals surface area contributed by atoms with Crippen LogP contribution in [0.1, 0.15) is 70.4 Å². The van der Waals surface area contributed by atoms with Gasteiger partial charge in [-0.2, -0.15) is 0 Å². The molecule has 3 aliphatic heterocycles. The Morgan fingerprint density at radius 3 is 2.51 bits per heavy atom. The van der Waals surface area contributed by atoms with Gasteiger partial charge < -0.3 is 29.9 Å². The molecule has 298 valence electrons. The molecule has 3 fully saturated rings. The number of ether oxygens (including phenoxy) is 2. The predicted molar refractivity (Wildman–Crippen MR) is 193 cm³/mol. The van der Waals surface area contributed by atoms with Gasteiger partial charge in [0.05, 0.1) is 24.9 Å². The number of amides is 6. The lowest BCUT2D eigenvalue weighted by Gasteiger charge is -2.32. The van der Waals surface area contributed by atoms with Crippen molar-refractivity contribution in [3.05, 3.63) is 60.0 Å². The molecule has 3 N–H and O–H groups in total. The third-order valence-corrected chi connectivity index (χ3v) is 12.1. The first kappa shape index (κ1) is 39.7. The second kappa shape index (κ2) is 15.3. The van der Waals surface area contributed by atoms with E-state index in [2.05, 4.69) is 21.9 Å². The number of benzene rings is 1. The molecular formula is C37H47FN6O10S. The van der Waals surface area contributed by atoms with E-state index in [0.717, 1.165) is 11.0 Å². The minimum absolute atomic E-state index is 0.0501. The van der Waals surface area contributed by atoms with E-state index in [1.54, 1.807) is 39.0 Å². The molecule has 2 saturated carbocycles. The molecule has 1 aromatic rings. The van der Waals surface area contributed by atoms with Crippen LogP contribution < -0.4 is 15.4 Å². The zero-order valence-electron chi connectivity index (χ0n) is 31.0. The predicted octanol–water partition coefficient (Wildman–Crippen LogP) is 1.99. The Labute approximate surface area is 318 Å². The van der Waals surface area contributed by atoms with Crippen LogP contribution in [0.4, 0.5) is 14.0 Å². The summed E-state index contributed by atoms with van der Waals surface area (Å²) in [6.07, 6.45) is 3.24. The van der Waals surface area contributed by atoms with Crippen LogP contribution in [0.3, 0.4) is 0 Å². The highest BCUT2D eigenvalue weighted by atomic mass is 32.2. The molecule has 18 heteroatoms. The lowest BCUT2D eigenvalue weighted by atomic mass is 10.1. The van der Waals surface area contributed by atoms with Crippen molar-refractivity contribution < 1.29 is 51.0 Å². The Kier molecular flexibility index (Phi) is 11.0. The van der Waals surface area contributed by atoms with E-state index in [0.29, 0.717) is 36.8 Å². The maximum atomic E-state index is 14.6. The van der Waals surface area contributed by atoms with Gasteiger partial charge in [0, 0.05) is 31.0 Å². The molecule has 16 nitrogen and oxygen atoms in total. The standard InChI is InChI=1S/C37H47FN6O10S/c1-5-30(45)42-15-8-6-7-11-23-17-37(23,33(48)41-55(51,52)25-13-14-25)40-31(46)29-16-24(53-35(50)43-18-22-10-9-12-27(38)26(22)20-43)19-44(29)32(47)28(21-42)39-34(49)54-36(2,3)4/h5,7,9-12,23-25,28-29H,1,6,8,13-21H2,2-4H3,(H,39,49)(H,40,46)(H,41,48)/b11-7-/t23?,24-,28+,29?,37-/m1/s1. The molecule has 5 atom stereocenters. The van der Waals surface area contributed by atoms with Gasteiger partial charge in [-0.3, -0.25) is 28.8 Å². The largest absolute Gasteiger partial charge is 0.444 e. The van der Waals surface area contributed by atoms with Crippen LogP contribution >= 0.6 is 0 Å². The molecule has 0 spiro atoms. The van der Waals surface area contributed by atoms with Gasteiger partial charge in [-0.1, -0.05) is 30.9 Å². The molecule has 5 aliphatic rings. The van der Waals surface area contributed by atoms with Crippen molar-refractivity contribution in [3.63, 3.8) is 0 Å². The quantitative estimate of drug-likeness (QED) is 0.283. The van der Waals surface area contributed by atoms with Gasteiger partial charge >= 0.3 is 12.2 Å². The number of fused-ring (bicyclic) bond motifs is 3. The van der Waals surface area contributed by atoms with Crippen LogP contribution in [0.5, 0.6) is 0 Å². The average Bonchev–Trinajstić information content (AvgIpc) is 3.99. The highest BCUT2D eigenvalue weighted by molar-refractivity contribution is 7.91. The summed E-state index contributed by atoms with van der Waals surface area (Å²) in [6.45, 7) is 7.99. The number of carbonyl (C=O) groups excluding carboxylic acids is 6. The fourth-order valence-electron chi connectivity index (χ4n) is 7.21. The summed E-state index contributed by atoms with van der Waals surface area (Å²) >= 11 is 0. The van der Waals surface area contributed by atoms with E-state index in [4.69, 9.17) is 9.47 Å². The summed E-state index contributed by atoms with van der Waals surface area (Å²) < 4.78 is 53.5. The summed E-state index contributed by atoms with van der Waals surface area (Å²) in [5, 5.41) is 4.58. The number of carbonyl (C=O) groups is 6. The first-order valence-corrected chi connectivity index (χ1v) is 19.9. The van der Waals surface area contributed by atoms with Crippen molar-refractivity contribution in [1.82, 2.24) is 30.1 Å². The Morgan fingerprint density at radius 1 is 1.09 bits per heavy atom. The molecule has 0 radical (unpaired) electrons. The lowest BCUT2D eigenvalue weighted by molar-refractivity contribution is -0.142. The van der Waals surface area contributed by atoms with Gasteiger partial charge in [0.25, 0.3) is 5.91 Å². The Balaban J connectivity index is 1.31. The molecule has 55 heavy (non-hydrogen) atoms. The number of alkyl carbamates (subject to hydrolysis) is 1. The fourth-order valence-corrected chi connectivity index (χ4v) is 8.57. The first-order valence-electron chi connectivity index (χ1n) is 18.4. The van der Waals surface area contributed by atoms with Crippen molar-refractivity contribution in [2.75, 3.05) is 19.6 Å². The van der Waals surface area contributed by atoms with Gasteiger partial charge in [0.15, 0.2) is 0 Å². The minimum atomic E-state index is -3.98. The molecule has 1 aromatic carbocycles. The topological polar surface area (TPSA) is 201 Å². The van der Waals surface area contributed by atoms with Gasteiger partial charge in [0.1, 0.15) is 35.1 Å². The number of nitrogens with zero attached hydrogens (tertiary/aromatic N) is 3. The summed E-state index contributed by atoms with van der Waals surface area (Å²) in [7, 11) is -3.98. The van der Waals surface area contributed by atoms with E-state index < -0.39 is 92.2 Å². The molecule has 0 bridgehead atoms. The first-order chi connectivity index (χ1) is 25.9. The van der Waals surface area contributed by atoms with Crippen LogP contribution in [0.2, 0.25) is 0 Å². The third-order valence-electron chi connectivity index (χ3n) is 10.3. The van der Waals surface area contributed by atoms with E-state index in [9.17, 15) is 41.6 Å². The minimum Gasteiger partial charge on any atom is -0.444 e. The number of allylic oxidation sites excluding steroid dienone is 1. The summed E-state index contributed by atoms with van der Waals surface area (Å²) in [5.41, 5.74) is -1.64. The van der Waals surface area contributed by atoms with Gasteiger partial charge in [-0.25, -0.2) is 22.4 Å². The molecule has 6 rings (SSSR count). The van der Waals surface area contributed by atoms with Crippen molar-refractivity contribution in [2.24, 2.45) is 5.92 Å². The number of hydrogen-bond donors (Lipinski definition) is 3. The molecule has 6 amide bonds. The lowest BCUT2D eigenvalue weighted by Crippen LogP contribution is -2.60. The van der Waals surface area contributed by atoms with Gasteiger partial charge in [-0.15, -0.1) is 0 Å². The molecule has 1 saturated heterocycles. The monoisotopic (exact) mass is 786 g/mol. The maximum Gasteiger partial charge on any atom is 0.410 e. The SMILES string of the molecule is C=CC(=O)N1CCC/C=C\C2C[C@@]2(C(=O)NS(=O)(=O)C2CC2)NC(=O)C2C[C@@H](OC(=O)N3Cc4cccc(F)c4C3)CN2C(=O)[C@@H](NC(=O)OC(C)(C)C)C1. The van der Waals surface area contributed by atoms with Crippen LogP contribution in [0, 0.1) is 11.7 Å². The molecule has 2 aliphatic carbocycles. The van der Waals surface area contributed by atoms with Crippen LogP contribution in [0.25, 0.3) is 0 Å². The van der Waals surface area contributed by atoms with Crippen molar-refractivity contribution >= 4 is 45.8 Å². The zero-order valence-corrected chi connectivity index (χ0v) is 31.9. The van der Waals surface area contributed by atoms with Crippen LogP contribution in [-0.4, -0.2) is 113 Å². The van der Waals surface area contributed by atoms with Crippen LogP contribution in [0.15, 0.2) is 43.0 Å². The third kappa shape index (κ3) is 8.95. The van der Waals surface area contributed by atoms with Crippen molar-refractivity contribution in [3.8, 4) is 0 Å². The zero-order chi connectivity index (χ0) is 39.9. The Morgan fingerprint density at radius 2 is 1.84 bits per heavy atom. The molecule has 0 aromatic heterocycles. The molecule has 3 heterocycles. The summed E-state index contributed by atoms with van der Waals surface area (Å²) in [6, 6.07) is 1.71. The van der Waals surface area contributed by atoms with Crippen molar-refractivity contribution in [1.29, 1.82) is 0 Å². The van der Waals surface area contributed by atoms with E-state index in [1.165, 1.54) is 21.9 Å².